The first-order chi connectivity index (χ1) is 8.00. The van der Waals surface area contributed by atoms with E-state index in [2.05, 4.69) is 21.2 Å². The second-order valence-corrected chi connectivity index (χ2v) is 6.26. The minimum atomic E-state index is -0.790. The van der Waals surface area contributed by atoms with Crippen LogP contribution in [0.1, 0.15) is 22.3 Å². The van der Waals surface area contributed by atoms with Crippen LogP contribution in [0.2, 0.25) is 0 Å². The van der Waals surface area contributed by atoms with Crippen molar-refractivity contribution in [3.63, 3.8) is 0 Å². The van der Waals surface area contributed by atoms with Gasteiger partial charge in [0.05, 0.1) is 0 Å². The van der Waals surface area contributed by atoms with E-state index in [-0.39, 0.29) is 5.91 Å². The standard InChI is InChI=1S/C12H16BrNO2S/c1-9-4-5-10(8-11(9)13)12(15)14-6-3-7-17(2)16/h4-5,8H,3,6-7H2,1-2H3,(H,14,15). The predicted molar refractivity (Wildman–Crippen MR) is 74.8 cm³/mol. The molecule has 0 radical (unpaired) electrons. The highest BCUT2D eigenvalue weighted by Crippen LogP contribution is 2.17. The van der Waals surface area contributed by atoms with Gasteiger partial charge in [-0.15, -0.1) is 0 Å². The van der Waals surface area contributed by atoms with E-state index in [4.69, 9.17) is 0 Å². The molecule has 5 heteroatoms. The molecule has 1 amide bonds. The van der Waals surface area contributed by atoms with E-state index in [1.165, 1.54) is 0 Å². The third-order valence-corrected chi connectivity index (χ3v) is 4.05. The van der Waals surface area contributed by atoms with Crippen molar-refractivity contribution in [2.75, 3.05) is 18.6 Å². The topological polar surface area (TPSA) is 46.2 Å². The van der Waals surface area contributed by atoms with Crippen molar-refractivity contribution in [3.8, 4) is 0 Å². The van der Waals surface area contributed by atoms with E-state index in [0.717, 1.165) is 16.5 Å². The molecule has 17 heavy (non-hydrogen) atoms. The fraction of sp³-hybridized carbons (Fsp3) is 0.417. The molecule has 1 aromatic carbocycles. The highest BCUT2D eigenvalue weighted by Gasteiger charge is 2.06. The number of hydrogen-bond acceptors (Lipinski definition) is 2. The minimum absolute atomic E-state index is 0.0902. The van der Waals surface area contributed by atoms with Crippen LogP contribution < -0.4 is 5.32 Å². The Morgan fingerprint density at radius 3 is 2.76 bits per heavy atom. The molecule has 0 aliphatic carbocycles. The number of aryl methyl sites for hydroxylation is 1. The van der Waals surface area contributed by atoms with Gasteiger partial charge >= 0.3 is 0 Å². The Morgan fingerprint density at radius 2 is 2.18 bits per heavy atom. The molecule has 1 N–H and O–H groups in total. The maximum absolute atomic E-state index is 11.7. The zero-order valence-electron chi connectivity index (χ0n) is 9.96. The predicted octanol–water partition coefficient (Wildman–Crippen LogP) is 2.26. The highest BCUT2D eigenvalue weighted by atomic mass is 79.9. The molecule has 1 unspecified atom stereocenters. The van der Waals surface area contributed by atoms with Gasteiger partial charge < -0.3 is 5.32 Å². The molecule has 0 saturated carbocycles. The van der Waals surface area contributed by atoms with Gasteiger partial charge in [0.25, 0.3) is 5.91 Å². The Bertz CT molecular complexity index is 435. The van der Waals surface area contributed by atoms with Crippen LogP contribution in [0.5, 0.6) is 0 Å². The molecule has 1 rings (SSSR count). The SMILES string of the molecule is Cc1ccc(C(=O)NCCCS(C)=O)cc1Br. The molecule has 0 fully saturated rings. The molecular weight excluding hydrogens is 302 g/mol. The zero-order chi connectivity index (χ0) is 12.8. The van der Waals surface area contributed by atoms with Gasteiger partial charge in [-0.05, 0) is 31.0 Å². The largest absolute Gasteiger partial charge is 0.352 e. The van der Waals surface area contributed by atoms with Gasteiger partial charge in [0.15, 0.2) is 0 Å². The summed E-state index contributed by atoms with van der Waals surface area (Å²) < 4.78 is 11.8. The smallest absolute Gasteiger partial charge is 0.251 e. The lowest BCUT2D eigenvalue weighted by Gasteiger charge is -2.06. The number of hydrogen-bond donors (Lipinski definition) is 1. The van der Waals surface area contributed by atoms with Crippen molar-refractivity contribution in [3.05, 3.63) is 33.8 Å². The van der Waals surface area contributed by atoms with Crippen LogP contribution in [0.4, 0.5) is 0 Å². The summed E-state index contributed by atoms with van der Waals surface area (Å²) in [6.45, 7) is 2.53. The normalized spacial score (nSPS) is 12.2. The summed E-state index contributed by atoms with van der Waals surface area (Å²) in [6, 6.07) is 5.51. The summed E-state index contributed by atoms with van der Waals surface area (Å²) in [4.78, 5) is 11.7. The Hall–Kier alpha value is -0.680. The van der Waals surface area contributed by atoms with Crippen LogP contribution in [0.15, 0.2) is 22.7 Å². The Labute approximate surface area is 113 Å². The number of rotatable bonds is 5. The van der Waals surface area contributed by atoms with E-state index < -0.39 is 10.8 Å². The number of amides is 1. The van der Waals surface area contributed by atoms with Crippen LogP contribution in [0, 0.1) is 6.92 Å². The molecule has 0 aliphatic heterocycles. The lowest BCUT2D eigenvalue weighted by atomic mass is 10.1. The third-order valence-electron chi connectivity index (χ3n) is 2.33. The zero-order valence-corrected chi connectivity index (χ0v) is 12.4. The summed E-state index contributed by atoms with van der Waals surface area (Å²) in [5.41, 5.74) is 1.74. The van der Waals surface area contributed by atoms with Gasteiger partial charge in [-0.25, -0.2) is 0 Å². The van der Waals surface area contributed by atoms with Crippen LogP contribution in [0.25, 0.3) is 0 Å². The number of halogens is 1. The summed E-state index contributed by atoms with van der Waals surface area (Å²) in [7, 11) is -0.790. The lowest BCUT2D eigenvalue weighted by molar-refractivity contribution is 0.0953. The van der Waals surface area contributed by atoms with Crippen molar-refractivity contribution >= 4 is 32.6 Å². The Morgan fingerprint density at radius 1 is 1.47 bits per heavy atom. The molecular formula is C12H16BrNO2S. The molecule has 1 atom stereocenters. The lowest BCUT2D eigenvalue weighted by Crippen LogP contribution is -2.25. The average Bonchev–Trinajstić information content (AvgIpc) is 2.27. The summed E-state index contributed by atoms with van der Waals surface area (Å²) >= 11 is 3.40. The third kappa shape index (κ3) is 5.00. The van der Waals surface area contributed by atoms with Crippen molar-refractivity contribution in [2.24, 2.45) is 0 Å². The average molecular weight is 318 g/mol. The summed E-state index contributed by atoms with van der Waals surface area (Å²) in [5.74, 6) is 0.533. The number of carbonyl (C=O) groups excluding carboxylic acids is 1. The second kappa shape index (κ2) is 6.91. The van der Waals surface area contributed by atoms with E-state index in [9.17, 15) is 9.00 Å². The van der Waals surface area contributed by atoms with E-state index in [0.29, 0.717) is 17.9 Å². The first-order valence-electron chi connectivity index (χ1n) is 5.35. The van der Waals surface area contributed by atoms with E-state index in [1.807, 2.05) is 19.1 Å². The Kier molecular flexibility index (Phi) is 5.85. The van der Waals surface area contributed by atoms with Gasteiger partial charge in [0.1, 0.15) is 0 Å². The number of benzene rings is 1. The molecule has 0 aliphatic rings. The van der Waals surface area contributed by atoms with Crippen LogP contribution in [-0.2, 0) is 10.8 Å². The molecule has 0 bridgehead atoms. The molecule has 0 aromatic heterocycles. The summed E-state index contributed by atoms with van der Waals surface area (Å²) in [5, 5.41) is 2.81. The van der Waals surface area contributed by atoms with Gasteiger partial charge in [-0.1, -0.05) is 22.0 Å². The monoisotopic (exact) mass is 317 g/mol. The van der Waals surface area contributed by atoms with Crippen molar-refractivity contribution in [1.29, 1.82) is 0 Å². The van der Waals surface area contributed by atoms with Gasteiger partial charge in [-0.3, -0.25) is 9.00 Å². The number of carbonyl (C=O) groups is 1. The minimum Gasteiger partial charge on any atom is -0.352 e. The van der Waals surface area contributed by atoms with Crippen LogP contribution >= 0.6 is 15.9 Å². The maximum atomic E-state index is 11.7. The fourth-order valence-electron chi connectivity index (χ4n) is 1.31. The van der Waals surface area contributed by atoms with Crippen molar-refractivity contribution in [2.45, 2.75) is 13.3 Å². The van der Waals surface area contributed by atoms with E-state index >= 15 is 0 Å². The molecule has 0 heterocycles. The molecule has 1 aromatic rings. The van der Waals surface area contributed by atoms with Gasteiger partial charge in [-0.2, -0.15) is 0 Å². The van der Waals surface area contributed by atoms with Gasteiger partial charge in [0, 0.05) is 39.4 Å². The molecule has 0 spiro atoms. The molecule has 94 valence electrons. The van der Waals surface area contributed by atoms with E-state index in [1.54, 1.807) is 12.3 Å². The quantitative estimate of drug-likeness (QED) is 0.847. The Balaban J connectivity index is 2.47. The molecule has 0 saturated heterocycles. The highest BCUT2D eigenvalue weighted by molar-refractivity contribution is 9.10. The first kappa shape index (κ1) is 14.4. The summed E-state index contributed by atoms with van der Waals surface area (Å²) in [6.07, 6.45) is 2.40. The first-order valence-corrected chi connectivity index (χ1v) is 7.87. The van der Waals surface area contributed by atoms with Crippen LogP contribution in [-0.4, -0.2) is 28.7 Å². The molecule has 3 nitrogen and oxygen atoms in total. The maximum Gasteiger partial charge on any atom is 0.251 e. The number of nitrogens with one attached hydrogen (secondary N) is 1. The second-order valence-electron chi connectivity index (χ2n) is 3.85. The van der Waals surface area contributed by atoms with Crippen LogP contribution in [0.3, 0.4) is 0 Å². The van der Waals surface area contributed by atoms with Crippen molar-refractivity contribution in [1.82, 2.24) is 5.32 Å². The van der Waals surface area contributed by atoms with Crippen molar-refractivity contribution < 1.29 is 9.00 Å². The van der Waals surface area contributed by atoms with Gasteiger partial charge in [0.2, 0.25) is 0 Å². The fourth-order valence-corrected chi connectivity index (χ4v) is 2.24.